The van der Waals surface area contributed by atoms with E-state index < -0.39 is 30.0 Å². The number of rotatable bonds is 8. The average Bonchev–Trinajstić information content (AvgIpc) is 3.16. The van der Waals surface area contributed by atoms with Crippen LogP contribution in [-0.4, -0.2) is 46.0 Å². The Morgan fingerprint density at radius 1 is 1.31 bits per heavy atom. The van der Waals surface area contributed by atoms with Crippen molar-refractivity contribution < 1.29 is 37.2 Å². The van der Waals surface area contributed by atoms with Gasteiger partial charge in [0, 0.05) is 29.8 Å². The van der Waals surface area contributed by atoms with Crippen molar-refractivity contribution in [3.63, 3.8) is 0 Å². The molecule has 2 rings (SSSR count). The molecule has 1 unspecified atom stereocenters. The monoisotopic (exact) mass is 414 g/mol. The molecule has 0 radical (unpaired) electrons. The van der Waals surface area contributed by atoms with Gasteiger partial charge in [-0.15, -0.1) is 0 Å². The fourth-order valence-electron chi connectivity index (χ4n) is 1.91. The summed E-state index contributed by atoms with van der Waals surface area (Å²) in [6.07, 6.45) is -4.46. The van der Waals surface area contributed by atoms with Crippen LogP contribution in [0.1, 0.15) is 30.1 Å². The quantitative estimate of drug-likeness (QED) is 0.502. The number of nitrogens with one attached hydrogen (secondary N) is 1. The Labute approximate surface area is 162 Å². The predicted octanol–water partition coefficient (Wildman–Crippen LogP) is 2.60. The highest BCUT2D eigenvalue weighted by Crippen LogP contribution is 2.29. The second kappa shape index (κ2) is 9.17. The van der Waals surface area contributed by atoms with E-state index in [4.69, 9.17) is 9.94 Å². The van der Waals surface area contributed by atoms with Gasteiger partial charge in [-0.3, -0.25) is 4.79 Å². The lowest BCUT2D eigenvalue weighted by molar-refractivity contribution is -0.159. The summed E-state index contributed by atoms with van der Waals surface area (Å²) in [4.78, 5) is 30.7. The minimum Gasteiger partial charge on any atom is -0.478 e. The van der Waals surface area contributed by atoms with Gasteiger partial charge in [0.2, 0.25) is 11.9 Å². The number of hydrogen-bond acceptors (Lipinski definition) is 7. The van der Waals surface area contributed by atoms with Gasteiger partial charge in [-0.25, -0.2) is 4.79 Å². The zero-order chi connectivity index (χ0) is 21.6. The zero-order valence-corrected chi connectivity index (χ0v) is 15.3. The Hall–Kier alpha value is -3.44. The summed E-state index contributed by atoms with van der Waals surface area (Å²) in [5.41, 5.74) is 0.527. The number of nitrogens with zero attached hydrogens (tertiary/aromatic N) is 3. The molecule has 0 bridgehead atoms. The molecule has 0 aliphatic heterocycles. The van der Waals surface area contributed by atoms with Crippen LogP contribution in [-0.2, 0) is 15.8 Å². The number of alkyl halides is 3. The highest BCUT2D eigenvalue weighted by Gasteiger charge is 2.38. The predicted molar refractivity (Wildman–Crippen MR) is 92.9 cm³/mol. The molecule has 9 nitrogen and oxygen atoms in total. The van der Waals surface area contributed by atoms with Crippen molar-refractivity contribution in [2.75, 3.05) is 6.54 Å². The molecule has 2 atom stereocenters. The van der Waals surface area contributed by atoms with Crippen molar-refractivity contribution in [1.29, 1.82) is 0 Å². The lowest BCUT2D eigenvalue weighted by Gasteiger charge is -2.09. The number of hydrogen-bond donors (Lipinski definition) is 2. The van der Waals surface area contributed by atoms with E-state index >= 15 is 0 Å². The van der Waals surface area contributed by atoms with Gasteiger partial charge in [0.05, 0.1) is 0 Å². The van der Waals surface area contributed by atoms with Crippen molar-refractivity contribution in [1.82, 2.24) is 15.5 Å². The first kappa shape index (κ1) is 21.9. The maximum atomic E-state index is 12.5. The molecule has 1 aromatic carbocycles. The zero-order valence-electron chi connectivity index (χ0n) is 15.3. The van der Waals surface area contributed by atoms with E-state index in [1.54, 1.807) is 6.92 Å². The number of carbonyl (C=O) groups excluding carboxylic acids is 1. The van der Waals surface area contributed by atoms with Crippen LogP contribution in [0.3, 0.4) is 0 Å². The van der Waals surface area contributed by atoms with Gasteiger partial charge in [-0.05, 0) is 19.1 Å². The number of carbonyl (C=O) groups is 2. The molecule has 0 aliphatic rings. The van der Waals surface area contributed by atoms with Crippen molar-refractivity contribution in [3.8, 4) is 11.4 Å². The van der Waals surface area contributed by atoms with Gasteiger partial charge in [0.1, 0.15) is 0 Å². The number of aromatic nitrogens is 2. The Bertz CT molecular complexity index is 880. The minimum absolute atomic E-state index is 0.203. The normalized spacial score (nSPS) is 13.8. The second-order valence-corrected chi connectivity index (χ2v) is 6.03. The molecule has 0 fully saturated rings. The Balaban J connectivity index is 1.89. The summed E-state index contributed by atoms with van der Waals surface area (Å²) in [5, 5.41) is 18.1. The van der Waals surface area contributed by atoms with Crippen LogP contribution in [0.25, 0.3) is 11.4 Å². The lowest BCUT2D eigenvalue weighted by Crippen LogP contribution is -2.29. The summed E-state index contributed by atoms with van der Waals surface area (Å²) in [6, 6.07) is 5.60. The molecule has 2 aromatic rings. The number of carboxylic acid groups (broad SMARTS) is 1. The molecule has 0 aliphatic carbocycles. The van der Waals surface area contributed by atoms with Crippen LogP contribution in [0.2, 0.25) is 0 Å². The Morgan fingerprint density at radius 3 is 2.52 bits per heavy atom. The van der Waals surface area contributed by atoms with Crippen LogP contribution < -0.4 is 5.32 Å². The van der Waals surface area contributed by atoms with Crippen molar-refractivity contribution in [2.45, 2.75) is 26.1 Å². The highest BCUT2D eigenvalue weighted by molar-refractivity contribution is 5.94. The molecular formula is C17H17F3N4O5. The maximum Gasteiger partial charge on any atom is 0.471 e. The second-order valence-electron chi connectivity index (χ2n) is 6.03. The third-order valence-corrected chi connectivity index (χ3v) is 3.54. The van der Waals surface area contributed by atoms with E-state index in [0.29, 0.717) is 0 Å². The molecule has 2 N–H and O–H groups in total. The van der Waals surface area contributed by atoms with Gasteiger partial charge in [0.15, 0.2) is 0 Å². The van der Waals surface area contributed by atoms with Gasteiger partial charge in [0.25, 0.3) is 5.91 Å². The van der Waals surface area contributed by atoms with Crippen LogP contribution in [0.4, 0.5) is 13.2 Å². The van der Waals surface area contributed by atoms with Crippen molar-refractivity contribution in [3.05, 3.63) is 35.7 Å². The molecule has 12 heteroatoms. The van der Waals surface area contributed by atoms with Gasteiger partial charge >= 0.3 is 18.0 Å². The van der Waals surface area contributed by atoms with Crippen LogP contribution in [0.15, 0.2) is 33.9 Å². The van der Waals surface area contributed by atoms with Gasteiger partial charge in [-0.1, -0.05) is 29.4 Å². The standard InChI is InChI=1S/C17H17F3N4O5/c1-9(8-22-28-10(2)15(26)27)7-21-14(25)12-5-3-11(4-6-12)13-23-16(29-24-13)17(18,19)20/h3-6,8-10H,7H2,1-2H3,(H,21,25)(H,26,27)/b22-8-/t9?,10-/m1/s1. The van der Waals surface area contributed by atoms with Gasteiger partial charge in [-0.2, -0.15) is 18.2 Å². The number of benzene rings is 1. The fraction of sp³-hybridized carbons (Fsp3) is 0.353. The maximum absolute atomic E-state index is 12.5. The Kier molecular flexibility index (Phi) is 6.91. The first-order valence-electron chi connectivity index (χ1n) is 8.29. The van der Waals surface area contributed by atoms with Crippen molar-refractivity contribution in [2.24, 2.45) is 11.1 Å². The minimum atomic E-state index is -4.73. The number of aliphatic carboxylic acids is 1. The first-order valence-corrected chi connectivity index (χ1v) is 8.29. The topological polar surface area (TPSA) is 127 Å². The van der Waals surface area contributed by atoms with Crippen molar-refractivity contribution >= 4 is 18.1 Å². The van der Waals surface area contributed by atoms with E-state index in [-0.39, 0.29) is 29.4 Å². The lowest BCUT2D eigenvalue weighted by atomic mass is 10.1. The molecule has 0 saturated heterocycles. The number of amides is 1. The van der Waals surface area contributed by atoms with Crippen LogP contribution in [0.5, 0.6) is 0 Å². The largest absolute Gasteiger partial charge is 0.478 e. The smallest absolute Gasteiger partial charge is 0.471 e. The van der Waals surface area contributed by atoms with E-state index in [0.717, 1.165) is 0 Å². The van der Waals surface area contributed by atoms with E-state index in [1.807, 2.05) is 0 Å². The average molecular weight is 414 g/mol. The molecule has 1 aromatic heterocycles. The first-order chi connectivity index (χ1) is 13.6. The fourth-order valence-corrected chi connectivity index (χ4v) is 1.91. The van der Waals surface area contributed by atoms with Gasteiger partial charge < -0.3 is 19.8 Å². The molecule has 0 saturated carbocycles. The number of carboxylic acids is 1. The molecule has 0 spiro atoms. The molecule has 1 amide bonds. The third kappa shape index (κ3) is 6.30. The Morgan fingerprint density at radius 2 is 1.97 bits per heavy atom. The summed E-state index contributed by atoms with van der Waals surface area (Å²) in [5.74, 6) is -3.50. The number of oxime groups is 1. The molecule has 29 heavy (non-hydrogen) atoms. The van der Waals surface area contributed by atoms with E-state index in [2.05, 4.69) is 25.1 Å². The molecule has 1 heterocycles. The SMILES string of the molecule is CC(/C=N\O[C@H](C)C(=O)O)CNC(=O)c1ccc(-c2noc(C(F)(F)F)n2)cc1. The van der Waals surface area contributed by atoms with Crippen LogP contribution >= 0.6 is 0 Å². The molecular weight excluding hydrogens is 397 g/mol. The summed E-state index contributed by atoms with van der Waals surface area (Å²) < 4.78 is 41.7. The van der Waals surface area contributed by atoms with E-state index in [9.17, 15) is 22.8 Å². The summed E-state index contributed by atoms with van der Waals surface area (Å²) in [6.45, 7) is 3.26. The van der Waals surface area contributed by atoms with E-state index in [1.165, 1.54) is 37.4 Å². The number of halogens is 3. The molecule has 156 valence electrons. The summed E-state index contributed by atoms with van der Waals surface area (Å²) >= 11 is 0. The van der Waals surface area contributed by atoms with Crippen LogP contribution in [0, 0.1) is 5.92 Å². The highest BCUT2D eigenvalue weighted by atomic mass is 19.4. The summed E-state index contributed by atoms with van der Waals surface area (Å²) in [7, 11) is 0. The third-order valence-electron chi connectivity index (χ3n) is 3.54.